The molecule has 2 heterocycles. The fourth-order valence-electron chi connectivity index (χ4n) is 4.34. The minimum Gasteiger partial charge on any atom is -0.493 e. The van der Waals surface area contributed by atoms with Gasteiger partial charge in [-0.25, -0.2) is 0 Å². The number of rotatable bonds is 4. The van der Waals surface area contributed by atoms with Crippen molar-refractivity contribution in [3.8, 4) is 11.5 Å². The minimum absolute atomic E-state index is 0.0190. The molecule has 0 saturated carbocycles. The molecule has 2 aliphatic heterocycles. The summed E-state index contributed by atoms with van der Waals surface area (Å²) in [6, 6.07) is 15.3. The Bertz CT molecular complexity index is 940. The number of nitrogens with zero attached hydrogens (tertiary/aromatic N) is 2. The molecule has 1 saturated heterocycles. The van der Waals surface area contributed by atoms with E-state index in [0.29, 0.717) is 24.6 Å². The lowest BCUT2D eigenvalue weighted by molar-refractivity contribution is -0.151. The van der Waals surface area contributed by atoms with E-state index in [4.69, 9.17) is 9.47 Å². The third-order valence-electron chi connectivity index (χ3n) is 5.80. The maximum absolute atomic E-state index is 12.9. The lowest BCUT2D eigenvalue weighted by Gasteiger charge is -2.49. The maximum Gasteiger partial charge on any atom is 0.261 e. The molecule has 152 valence electrons. The van der Waals surface area contributed by atoms with Gasteiger partial charge < -0.3 is 19.3 Å². The first-order valence-electron chi connectivity index (χ1n) is 9.83. The SMILES string of the molecule is COc1ccccc1OCC(=O)N1CC(=O)N2CC(C)(C)c3ccccc3C2C1. The lowest BCUT2D eigenvalue weighted by Crippen LogP contribution is -2.59. The normalized spacial score (nSPS) is 20.0. The first-order valence-corrected chi connectivity index (χ1v) is 9.83. The second kappa shape index (κ2) is 7.43. The van der Waals surface area contributed by atoms with Gasteiger partial charge in [-0.2, -0.15) is 0 Å². The van der Waals surface area contributed by atoms with Crippen molar-refractivity contribution in [3.05, 3.63) is 59.7 Å². The Morgan fingerprint density at radius 1 is 1.10 bits per heavy atom. The van der Waals surface area contributed by atoms with Gasteiger partial charge >= 0.3 is 0 Å². The highest BCUT2D eigenvalue weighted by molar-refractivity contribution is 5.87. The molecule has 2 aromatic carbocycles. The van der Waals surface area contributed by atoms with Crippen molar-refractivity contribution in [2.75, 3.05) is 33.4 Å². The fourth-order valence-corrected chi connectivity index (χ4v) is 4.34. The Kier molecular flexibility index (Phi) is 4.94. The summed E-state index contributed by atoms with van der Waals surface area (Å²) in [6.07, 6.45) is 0. The molecule has 2 amide bonds. The summed E-state index contributed by atoms with van der Waals surface area (Å²) in [5.41, 5.74) is 2.26. The molecule has 0 aromatic heterocycles. The van der Waals surface area contributed by atoms with Crippen LogP contribution in [-0.4, -0.2) is 55.0 Å². The number of piperazine rings is 1. The summed E-state index contributed by atoms with van der Waals surface area (Å²) in [4.78, 5) is 29.2. The molecule has 1 unspecified atom stereocenters. The van der Waals surface area contributed by atoms with E-state index >= 15 is 0 Å². The maximum atomic E-state index is 12.9. The number of fused-ring (bicyclic) bond motifs is 3. The van der Waals surface area contributed by atoms with Gasteiger partial charge in [-0.05, 0) is 23.3 Å². The molecule has 0 N–H and O–H groups in total. The zero-order valence-corrected chi connectivity index (χ0v) is 17.1. The molecule has 4 rings (SSSR count). The minimum atomic E-state index is -0.203. The van der Waals surface area contributed by atoms with Crippen LogP contribution in [0.4, 0.5) is 0 Å². The van der Waals surface area contributed by atoms with Gasteiger partial charge in [0.15, 0.2) is 18.1 Å². The third kappa shape index (κ3) is 3.55. The largest absolute Gasteiger partial charge is 0.493 e. The van der Waals surface area contributed by atoms with E-state index in [-0.39, 0.29) is 36.4 Å². The quantitative estimate of drug-likeness (QED) is 0.800. The van der Waals surface area contributed by atoms with Gasteiger partial charge in [-0.1, -0.05) is 50.2 Å². The van der Waals surface area contributed by atoms with Crippen molar-refractivity contribution in [2.24, 2.45) is 0 Å². The molecule has 2 aliphatic rings. The Morgan fingerprint density at radius 2 is 1.79 bits per heavy atom. The van der Waals surface area contributed by atoms with Gasteiger partial charge in [0.2, 0.25) is 5.91 Å². The van der Waals surface area contributed by atoms with Crippen LogP contribution in [0.5, 0.6) is 11.5 Å². The van der Waals surface area contributed by atoms with Gasteiger partial charge in [0.05, 0.1) is 19.7 Å². The molecule has 6 nitrogen and oxygen atoms in total. The van der Waals surface area contributed by atoms with Crippen LogP contribution in [0.15, 0.2) is 48.5 Å². The smallest absolute Gasteiger partial charge is 0.261 e. The highest BCUT2D eigenvalue weighted by atomic mass is 16.5. The lowest BCUT2D eigenvalue weighted by atomic mass is 9.75. The molecular weight excluding hydrogens is 368 g/mol. The molecule has 6 heteroatoms. The standard InChI is InChI=1S/C23H26N2O4/c1-23(2)15-25-18(16-8-4-5-9-17(16)23)12-24(13-21(25)26)22(27)14-29-20-11-7-6-10-19(20)28-3/h4-11,18H,12-15H2,1-3H3. The van der Waals surface area contributed by atoms with Crippen molar-refractivity contribution in [2.45, 2.75) is 25.3 Å². The summed E-state index contributed by atoms with van der Waals surface area (Å²) < 4.78 is 10.9. The summed E-state index contributed by atoms with van der Waals surface area (Å²) in [5, 5.41) is 0. The second-order valence-electron chi connectivity index (χ2n) is 8.22. The average Bonchev–Trinajstić information content (AvgIpc) is 2.73. The Labute approximate surface area is 171 Å². The van der Waals surface area contributed by atoms with Crippen molar-refractivity contribution >= 4 is 11.8 Å². The zero-order valence-electron chi connectivity index (χ0n) is 17.1. The fraction of sp³-hybridized carbons (Fsp3) is 0.391. The second-order valence-corrected chi connectivity index (χ2v) is 8.22. The zero-order chi connectivity index (χ0) is 20.6. The van der Waals surface area contributed by atoms with Crippen molar-refractivity contribution < 1.29 is 19.1 Å². The number of hydrogen-bond acceptors (Lipinski definition) is 4. The molecule has 0 bridgehead atoms. The molecule has 29 heavy (non-hydrogen) atoms. The number of ether oxygens (including phenoxy) is 2. The molecule has 2 aromatic rings. The number of methoxy groups -OCH3 is 1. The van der Waals surface area contributed by atoms with Crippen LogP contribution in [-0.2, 0) is 15.0 Å². The first kappa shape index (κ1) is 19.3. The summed E-state index contributed by atoms with van der Waals surface area (Å²) in [6.45, 7) is 5.42. The highest BCUT2D eigenvalue weighted by Crippen LogP contribution is 2.41. The van der Waals surface area contributed by atoms with Crippen LogP contribution < -0.4 is 9.47 Å². The van der Waals surface area contributed by atoms with Gasteiger partial charge in [0.25, 0.3) is 5.91 Å². The van der Waals surface area contributed by atoms with E-state index in [0.717, 1.165) is 5.56 Å². The summed E-state index contributed by atoms with van der Waals surface area (Å²) in [5.74, 6) is 0.864. The van der Waals surface area contributed by atoms with Gasteiger partial charge in [-0.15, -0.1) is 0 Å². The molecule has 0 aliphatic carbocycles. The van der Waals surface area contributed by atoms with Crippen LogP contribution >= 0.6 is 0 Å². The molecule has 1 fully saturated rings. The van der Waals surface area contributed by atoms with E-state index < -0.39 is 0 Å². The van der Waals surface area contributed by atoms with E-state index in [1.165, 1.54) is 5.56 Å². The third-order valence-corrected chi connectivity index (χ3v) is 5.80. The van der Waals surface area contributed by atoms with Crippen LogP contribution in [0.25, 0.3) is 0 Å². The van der Waals surface area contributed by atoms with Crippen LogP contribution in [0.2, 0.25) is 0 Å². The van der Waals surface area contributed by atoms with E-state index in [9.17, 15) is 9.59 Å². The predicted octanol–water partition coefficient (Wildman–Crippen LogP) is 2.78. The molecule has 0 spiro atoms. The van der Waals surface area contributed by atoms with Crippen molar-refractivity contribution in [3.63, 3.8) is 0 Å². The number of amides is 2. The Morgan fingerprint density at radius 3 is 2.55 bits per heavy atom. The van der Waals surface area contributed by atoms with Gasteiger partial charge in [0.1, 0.15) is 0 Å². The van der Waals surface area contributed by atoms with Gasteiger partial charge in [0, 0.05) is 18.5 Å². The number of carbonyl (C=O) groups excluding carboxylic acids is 2. The van der Waals surface area contributed by atoms with E-state index in [1.54, 1.807) is 24.1 Å². The van der Waals surface area contributed by atoms with Gasteiger partial charge in [-0.3, -0.25) is 9.59 Å². The van der Waals surface area contributed by atoms with Crippen LogP contribution in [0.1, 0.15) is 31.0 Å². The highest BCUT2D eigenvalue weighted by Gasteiger charge is 2.44. The van der Waals surface area contributed by atoms with Crippen molar-refractivity contribution in [1.29, 1.82) is 0 Å². The summed E-state index contributed by atoms with van der Waals surface area (Å²) in [7, 11) is 1.56. The molecule has 0 radical (unpaired) electrons. The predicted molar refractivity (Wildman–Crippen MR) is 109 cm³/mol. The first-order chi connectivity index (χ1) is 13.9. The topological polar surface area (TPSA) is 59.1 Å². The summed E-state index contributed by atoms with van der Waals surface area (Å²) >= 11 is 0. The van der Waals surface area contributed by atoms with E-state index in [1.807, 2.05) is 29.2 Å². The number of para-hydroxylation sites is 2. The van der Waals surface area contributed by atoms with Crippen molar-refractivity contribution in [1.82, 2.24) is 9.80 Å². The number of hydrogen-bond donors (Lipinski definition) is 0. The monoisotopic (exact) mass is 394 g/mol. The average molecular weight is 394 g/mol. The number of carbonyl (C=O) groups is 2. The van der Waals surface area contributed by atoms with Crippen LogP contribution in [0, 0.1) is 0 Å². The number of benzene rings is 2. The van der Waals surface area contributed by atoms with Crippen LogP contribution in [0.3, 0.4) is 0 Å². The molecule has 1 atom stereocenters. The molecular formula is C23H26N2O4. The Hall–Kier alpha value is -3.02. The van der Waals surface area contributed by atoms with E-state index in [2.05, 4.69) is 26.0 Å². The Balaban J connectivity index is 1.51.